The van der Waals surface area contributed by atoms with Crippen molar-refractivity contribution in [3.05, 3.63) is 0 Å². The molecule has 2 aliphatic carbocycles. The van der Waals surface area contributed by atoms with Gasteiger partial charge in [-0.1, -0.05) is 6.92 Å². The molecular weight excluding hydrogens is 228 g/mol. The summed E-state index contributed by atoms with van der Waals surface area (Å²) < 4.78 is 6.44. The molecule has 3 heteroatoms. The maximum Gasteiger partial charge on any atom is 0.117 e. The van der Waals surface area contributed by atoms with Crippen molar-refractivity contribution in [2.24, 2.45) is 11.3 Å². The molecule has 0 aromatic heterocycles. The Hall–Kier alpha value is -0.120. The Morgan fingerprint density at radius 1 is 1.06 bits per heavy atom. The van der Waals surface area contributed by atoms with Crippen molar-refractivity contribution in [2.75, 3.05) is 0 Å². The van der Waals surface area contributed by atoms with Crippen LogP contribution in [0.4, 0.5) is 0 Å². The number of aliphatic hydroxyl groups is 2. The van der Waals surface area contributed by atoms with Gasteiger partial charge in [0.05, 0.1) is 11.7 Å². The summed E-state index contributed by atoms with van der Waals surface area (Å²) in [6, 6.07) is 0. The quantitative estimate of drug-likeness (QED) is 0.697. The molecule has 2 saturated carbocycles. The number of rotatable bonds is 0. The second-order valence-electron chi connectivity index (χ2n) is 7.73. The first kappa shape index (κ1) is 12.9. The van der Waals surface area contributed by atoms with Crippen LogP contribution < -0.4 is 0 Å². The van der Waals surface area contributed by atoms with E-state index in [1.165, 1.54) is 6.42 Å². The maximum atomic E-state index is 10.9. The van der Waals surface area contributed by atoms with Gasteiger partial charge < -0.3 is 14.9 Å². The van der Waals surface area contributed by atoms with Crippen LogP contribution in [0.25, 0.3) is 0 Å². The van der Waals surface area contributed by atoms with E-state index in [4.69, 9.17) is 4.74 Å². The molecule has 3 nitrogen and oxygen atoms in total. The van der Waals surface area contributed by atoms with E-state index >= 15 is 0 Å². The van der Waals surface area contributed by atoms with E-state index in [0.717, 1.165) is 19.3 Å². The molecule has 5 atom stereocenters. The molecule has 1 spiro atoms. The van der Waals surface area contributed by atoms with Crippen LogP contribution in [-0.4, -0.2) is 33.1 Å². The SMILES string of the molecule is CC1(C)OC23CC1CCC2(C)CCC(O)C3(C)O. The largest absolute Gasteiger partial charge is 0.390 e. The lowest BCUT2D eigenvalue weighted by Gasteiger charge is -2.60. The number of ether oxygens (including phenoxy) is 1. The molecule has 0 aromatic rings. The maximum absolute atomic E-state index is 10.9. The Balaban J connectivity index is 2.12. The highest BCUT2D eigenvalue weighted by molar-refractivity contribution is 5.22. The number of hydrogen-bond acceptors (Lipinski definition) is 3. The summed E-state index contributed by atoms with van der Waals surface area (Å²) in [6.07, 6.45) is 4.13. The second kappa shape index (κ2) is 3.31. The molecule has 3 aliphatic rings. The van der Waals surface area contributed by atoms with Gasteiger partial charge in [0.15, 0.2) is 0 Å². The molecule has 2 bridgehead atoms. The van der Waals surface area contributed by atoms with E-state index in [-0.39, 0.29) is 11.0 Å². The van der Waals surface area contributed by atoms with Crippen LogP contribution >= 0.6 is 0 Å². The van der Waals surface area contributed by atoms with E-state index in [2.05, 4.69) is 20.8 Å². The van der Waals surface area contributed by atoms with Gasteiger partial charge >= 0.3 is 0 Å². The van der Waals surface area contributed by atoms with E-state index < -0.39 is 17.3 Å². The van der Waals surface area contributed by atoms with Crippen LogP contribution in [0.1, 0.15) is 59.8 Å². The van der Waals surface area contributed by atoms with Crippen LogP contribution in [0.3, 0.4) is 0 Å². The van der Waals surface area contributed by atoms with Crippen molar-refractivity contribution >= 4 is 0 Å². The Morgan fingerprint density at radius 2 is 1.67 bits per heavy atom. The average Bonchev–Trinajstić information content (AvgIpc) is 2.50. The zero-order valence-corrected chi connectivity index (χ0v) is 12.0. The van der Waals surface area contributed by atoms with Crippen molar-refractivity contribution in [3.8, 4) is 0 Å². The van der Waals surface area contributed by atoms with Gasteiger partial charge in [0, 0.05) is 0 Å². The zero-order chi connectivity index (χ0) is 13.4. The molecule has 3 fully saturated rings. The van der Waals surface area contributed by atoms with Gasteiger partial charge in [-0.25, -0.2) is 0 Å². The Morgan fingerprint density at radius 3 is 2.33 bits per heavy atom. The highest BCUT2D eigenvalue weighted by atomic mass is 16.6. The molecule has 104 valence electrons. The van der Waals surface area contributed by atoms with Gasteiger partial charge in [-0.2, -0.15) is 0 Å². The number of aliphatic hydroxyl groups excluding tert-OH is 1. The van der Waals surface area contributed by atoms with E-state index in [1.54, 1.807) is 6.92 Å². The third-order valence-corrected chi connectivity index (χ3v) is 6.41. The Kier molecular flexibility index (Phi) is 2.37. The molecule has 5 unspecified atom stereocenters. The van der Waals surface area contributed by atoms with Gasteiger partial charge in [0.1, 0.15) is 11.2 Å². The summed E-state index contributed by atoms with van der Waals surface area (Å²) in [5.74, 6) is 0.502. The first-order valence-corrected chi connectivity index (χ1v) is 7.25. The lowest BCUT2D eigenvalue weighted by molar-refractivity contribution is -0.289. The van der Waals surface area contributed by atoms with Crippen LogP contribution in [0.15, 0.2) is 0 Å². The summed E-state index contributed by atoms with van der Waals surface area (Å²) in [5.41, 5.74) is -1.88. The Bertz CT molecular complexity index is 369. The standard InChI is InChI=1S/C15H26O3/c1-12(2)10-5-7-13(3)8-6-11(16)14(4,17)15(13,9-10)18-12/h10-11,16-17H,5-9H2,1-4H3. The van der Waals surface area contributed by atoms with Crippen LogP contribution in [0.5, 0.6) is 0 Å². The number of hydrogen-bond donors (Lipinski definition) is 2. The minimum atomic E-state index is -1.13. The molecular formula is C15H26O3. The topological polar surface area (TPSA) is 49.7 Å². The minimum absolute atomic E-state index is 0. The monoisotopic (exact) mass is 254 g/mol. The summed E-state index contributed by atoms with van der Waals surface area (Å²) in [6.45, 7) is 8.29. The number of fused-ring (bicyclic) bond motifs is 1. The minimum Gasteiger partial charge on any atom is -0.390 e. The third-order valence-electron chi connectivity index (χ3n) is 6.41. The van der Waals surface area contributed by atoms with Crippen molar-refractivity contribution < 1.29 is 14.9 Å². The molecule has 1 heterocycles. The van der Waals surface area contributed by atoms with Crippen molar-refractivity contribution in [1.29, 1.82) is 0 Å². The third kappa shape index (κ3) is 1.26. The van der Waals surface area contributed by atoms with Crippen molar-refractivity contribution in [3.63, 3.8) is 0 Å². The fourth-order valence-electron chi connectivity index (χ4n) is 4.93. The molecule has 1 aliphatic heterocycles. The first-order valence-electron chi connectivity index (χ1n) is 7.25. The van der Waals surface area contributed by atoms with Crippen LogP contribution in [-0.2, 0) is 4.74 Å². The van der Waals surface area contributed by atoms with Crippen molar-refractivity contribution in [2.45, 2.75) is 82.7 Å². The molecule has 3 rings (SSSR count). The lowest BCUT2D eigenvalue weighted by atomic mass is 9.50. The molecule has 0 amide bonds. The molecule has 0 aromatic carbocycles. The molecule has 0 radical (unpaired) electrons. The van der Waals surface area contributed by atoms with Crippen LogP contribution in [0, 0.1) is 11.3 Å². The fourth-order valence-corrected chi connectivity index (χ4v) is 4.93. The van der Waals surface area contributed by atoms with Gasteiger partial charge in [-0.3, -0.25) is 0 Å². The predicted octanol–water partition coefficient (Wildman–Crippen LogP) is 2.25. The first-order chi connectivity index (χ1) is 8.15. The van der Waals surface area contributed by atoms with Crippen LogP contribution in [0.2, 0.25) is 0 Å². The highest BCUT2D eigenvalue weighted by Crippen LogP contribution is 2.66. The lowest BCUT2D eigenvalue weighted by Crippen LogP contribution is -2.70. The zero-order valence-electron chi connectivity index (χ0n) is 12.0. The van der Waals surface area contributed by atoms with E-state index in [9.17, 15) is 10.2 Å². The Labute approximate surface area is 110 Å². The van der Waals surface area contributed by atoms with E-state index in [0.29, 0.717) is 12.3 Å². The molecule has 18 heavy (non-hydrogen) atoms. The summed E-state index contributed by atoms with van der Waals surface area (Å²) in [4.78, 5) is 0. The van der Waals surface area contributed by atoms with E-state index in [1.807, 2.05) is 0 Å². The van der Waals surface area contributed by atoms with Gasteiger partial charge in [-0.05, 0) is 64.2 Å². The molecule has 2 N–H and O–H groups in total. The van der Waals surface area contributed by atoms with Gasteiger partial charge in [-0.15, -0.1) is 0 Å². The summed E-state index contributed by atoms with van der Waals surface area (Å²) in [7, 11) is 0. The van der Waals surface area contributed by atoms with Gasteiger partial charge in [0.25, 0.3) is 0 Å². The van der Waals surface area contributed by atoms with Crippen molar-refractivity contribution in [1.82, 2.24) is 0 Å². The predicted molar refractivity (Wildman–Crippen MR) is 69.2 cm³/mol. The normalized spacial score (nSPS) is 58.3. The smallest absolute Gasteiger partial charge is 0.117 e. The molecule has 1 saturated heterocycles. The highest BCUT2D eigenvalue weighted by Gasteiger charge is 2.72. The van der Waals surface area contributed by atoms with Gasteiger partial charge in [0.2, 0.25) is 0 Å². The summed E-state index contributed by atoms with van der Waals surface area (Å²) >= 11 is 0. The average molecular weight is 254 g/mol. The second-order valence-corrected chi connectivity index (χ2v) is 7.73. The summed E-state index contributed by atoms with van der Waals surface area (Å²) in [5, 5.41) is 21.2. The fraction of sp³-hybridized carbons (Fsp3) is 1.00.